The van der Waals surface area contributed by atoms with Crippen LogP contribution in [0.4, 0.5) is 13.2 Å². The second kappa shape index (κ2) is 10.7. The van der Waals surface area contributed by atoms with E-state index >= 15 is 0 Å². The number of aromatic nitrogens is 2. The quantitative estimate of drug-likeness (QED) is 0.238. The molecule has 1 aromatic heterocycles. The number of hydrogen-bond donors (Lipinski definition) is 1. The van der Waals surface area contributed by atoms with Crippen molar-refractivity contribution in [1.82, 2.24) is 14.3 Å². The molecule has 0 radical (unpaired) electrons. The molecular weight excluding hydrogens is 547 g/mol. The number of nitrogens with zero attached hydrogens (tertiary/aromatic N) is 2. The van der Waals surface area contributed by atoms with E-state index in [1.807, 2.05) is 18.2 Å². The molecular formula is C23H37BrF3N3O2SSi. The first-order chi connectivity index (χ1) is 15.3. The van der Waals surface area contributed by atoms with Crippen LogP contribution < -0.4 is 4.72 Å². The molecule has 0 aliphatic heterocycles. The van der Waals surface area contributed by atoms with Gasteiger partial charge in [-0.15, -0.1) is 0 Å². The van der Waals surface area contributed by atoms with Crippen molar-refractivity contribution in [2.75, 3.05) is 6.61 Å². The molecule has 0 amide bonds. The monoisotopic (exact) mass is 583 g/mol. The molecule has 2 rings (SSSR count). The van der Waals surface area contributed by atoms with Gasteiger partial charge >= 0.3 is 6.18 Å². The number of rotatable bonds is 10. The van der Waals surface area contributed by atoms with Crippen LogP contribution in [0.15, 0.2) is 22.7 Å². The molecule has 1 heterocycles. The summed E-state index contributed by atoms with van der Waals surface area (Å²) in [4.78, 5) is 4.69. The molecule has 0 unspecified atom stereocenters. The number of alkyl halides is 3. The van der Waals surface area contributed by atoms with E-state index in [1.54, 1.807) is 25.3 Å². The molecule has 0 spiro atoms. The Morgan fingerprint density at radius 3 is 2.32 bits per heavy atom. The molecule has 2 atom stereocenters. The summed E-state index contributed by atoms with van der Waals surface area (Å²) in [6.07, 6.45) is -4.75. The van der Waals surface area contributed by atoms with Crippen molar-refractivity contribution in [2.24, 2.45) is 5.41 Å². The van der Waals surface area contributed by atoms with Gasteiger partial charge in [-0.2, -0.15) is 13.2 Å². The maximum absolute atomic E-state index is 13.8. The zero-order valence-corrected chi connectivity index (χ0v) is 24.7. The molecule has 0 bridgehead atoms. The zero-order chi connectivity index (χ0) is 26.1. The lowest BCUT2D eigenvalue weighted by Crippen LogP contribution is -2.41. The number of halogens is 4. The average Bonchev–Trinajstić information content (AvgIpc) is 2.99. The normalized spacial score (nSPS) is 15.6. The van der Waals surface area contributed by atoms with Crippen molar-refractivity contribution in [2.45, 2.75) is 90.4 Å². The fraction of sp³-hybridized carbons (Fsp3) is 0.696. The Hall–Kier alpha value is -0.753. The Bertz CT molecular complexity index is 1010. The third kappa shape index (κ3) is 7.88. The minimum atomic E-state index is -4.43. The van der Waals surface area contributed by atoms with Gasteiger partial charge in [0, 0.05) is 19.2 Å². The van der Waals surface area contributed by atoms with Gasteiger partial charge in [0.2, 0.25) is 0 Å². The lowest BCUT2D eigenvalue weighted by molar-refractivity contribution is -0.215. The number of nitrogens with one attached hydrogen (secondary N) is 1. The topological polar surface area (TPSA) is 56.2 Å². The highest BCUT2D eigenvalue weighted by atomic mass is 79.9. The Morgan fingerprint density at radius 1 is 1.18 bits per heavy atom. The Balaban J connectivity index is 2.54. The number of ether oxygens (including phenoxy) is 1. The van der Waals surface area contributed by atoms with Crippen molar-refractivity contribution < 1.29 is 22.1 Å². The maximum atomic E-state index is 13.8. The van der Waals surface area contributed by atoms with Crippen LogP contribution >= 0.6 is 15.9 Å². The fourth-order valence-corrected chi connectivity index (χ4v) is 5.07. The summed E-state index contributed by atoms with van der Waals surface area (Å²) in [6, 6.07) is 5.60. The van der Waals surface area contributed by atoms with Gasteiger partial charge in [-0.05, 0) is 51.4 Å². The zero-order valence-electron chi connectivity index (χ0n) is 21.3. The third-order valence-corrected chi connectivity index (χ3v) is 9.36. The first-order valence-electron chi connectivity index (χ1n) is 11.3. The molecule has 11 heteroatoms. The van der Waals surface area contributed by atoms with Crippen molar-refractivity contribution in [3.63, 3.8) is 0 Å². The molecule has 0 aliphatic carbocycles. The van der Waals surface area contributed by atoms with E-state index in [-0.39, 0.29) is 13.2 Å². The summed E-state index contributed by atoms with van der Waals surface area (Å²) in [7, 11) is -2.91. The highest BCUT2D eigenvalue weighted by molar-refractivity contribution is 9.10. The Morgan fingerprint density at radius 2 is 1.79 bits per heavy atom. The maximum Gasteiger partial charge on any atom is 0.394 e. The third-order valence-electron chi connectivity index (χ3n) is 5.56. The molecule has 34 heavy (non-hydrogen) atoms. The molecule has 1 aromatic carbocycles. The summed E-state index contributed by atoms with van der Waals surface area (Å²) >= 11 is 3.47. The second-order valence-electron chi connectivity index (χ2n) is 11.5. The smallest absolute Gasteiger partial charge is 0.361 e. The number of benzene rings is 1. The molecule has 0 fully saturated rings. The van der Waals surface area contributed by atoms with Crippen LogP contribution in [0.3, 0.4) is 0 Å². The molecule has 0 saturated heterocycles. The van der Waals surface area contributed by atoms with Gasteiger partial charge in [0.05, 0.1) is 38.2 Å². The van der Waals surface area contributed by atoms with Gasteiger partial charge in [0.25, 0.3) is 0 Å². The summed E-state index contributed by atoms with van der Waals surface area (Å²) in [5, 5.41) is 0. The van der Waals surface area contributed by atoms with E-state index in [9.17, 15) is 17.4 Å². The predicted octanol–water partition coefficient (Wildman–Crippen LogP) is 7.18. The van der Waals surface area contributed by atoms with E-state index in [4.69, 9.17) is 4.74 Å². The van der Waals surface area contributed by atoms with E-state index in [0.29, 0.717) is 17.9 Å². The van der Waals surface area contributed by atoms with Gasteiger partial charge in [-0.1, -0.05) is 49.4 Å². The minimum absolute atomic E-state index is 0.152. The van der Waals surface area contributed by atoms with E-state index < -0.39 is 41.4 Å². The van der Waals surface area contributed by atoms with Crippen molar-refractivity contribution in [1.29, 1.82) is 0 Å². The second-order valence-corrected chi connectivity index (χ2v) is 20.1. The predicted molar refractivity (Wildman–Crippen MR) is 140 cm³/mol. The van der Waals surface area contributed by atoms with Crippen LogP contribution in [0.5, 0.6) is 0 Å². The molecule has 194 valence electrons. The molecule has 1 N–H and O–H groups in total. The standard InChI is InChI=1S/C23H37BrF3N3O2SSi/c1-21(2,3)33(31)29-18(14-22(4,5)23(25,26)27)20-28-17-10-9-16(24)13-19(17)30(20)15-32-11-12-34(6,7)8/h9-10,13,18,29H,11-12,14-15H2,1-8H3/t18-,33-/m0/s1. The van der Waals surface area contributed by atoms with E-state index in [0.717, 1.165) is 29.9 Å². The highest BCUT2D eigenvalue weighted by Crippen LogP contribution is 2.44. The Kier molecular flexibility index (Phi) is 9.28. The average molecular weight is 585 g/mol. The first-order valence-corrected chi connectivity index (χ1v) is 16.9. The fourth-order valence-electron chi connectivity index (χ4n) is 3.17. The van der Waals surface area contributed by atoms with Gasteiger partial charge in [-0.3, -0.25) is 0 Å². The summed E-state index contributed by atoms with van der Waals surface area (Å²) in [6.45, 7) is 15.1. The molecule has 5 nitrogen and oxygen atoms in total. The van der Waals surface area contributed by atoms with E-state index in [2.05, 4.69) is 45.3 Å². The molecule has 2 aromatic rings. The van der Waals surface area contributed by atoms with Crippen molar-refractivity contribution in [3.05, 3.63) is 28.5 Å². The summed E-state index contributed by atoms with van der Waals surface area (Å²) in [5.41, 5.74) is -0.629. The largest absolute Gasteiger partial charge is 0.394 e. The lowest BCUT2D eigenvalue weighted by atomic mass is 9.85. The summed E-state index contributed by atoms with van der Waals surface area (Å²) < 4.78 is 65.4. The highest BCUT2D eigenvalue weighted by Gasteiger charge is 2.49. The van der Waals surface area contributed by atoms with Crippen LogP contribution in [-0.4, -0.2) is 39.4 Å². The molecule has 0 aliphatic rings. The first kappa shape index (κ1) is 29.5. The van der Waals surface area contributed by atoms with Gasteiger partial charge in [0.15, 0.2) is 0 Å². The molecule has 0 saturated carbocycles. The van der Waals surface area contributed by atoms with E-state index in [1.165, 1.54) is 0 Å². The van der Waals surface area contributed by atoms with Gasteiger partial charge < -0.3 is 9.30 Å². The number of hydrogen-bond acceptors (Lipinski definition) is 3. The number of imidazole rings is 1. The van der Waals surface area contributed by atoms with Gasteiger partial charge in [0.1, 0.15) is 12.6 Å². The Labute approximate surface area is 213 Å². The van der Waals surface area contributed by atoms with Crippen LogP contribution in [0.25, 0.3) is 11.0 Å². The number of fused-ring (bicyclic) bond motifs is 1. The van der Waals surface area contributed by atoms with Crippen molar-refractivity contribution in [3.8, 4) is 0 Å². The van der Waals surface area contributed by atoms with Crippen LogP contribution in [0.2, 0.25) is 25.7 Å². The van der Waals surface area contributed by atoms with Crippen LogP contribution in [0, 0.1) is 5.41 Å². The minimum Gasteiger partial charge on any atom is -0.361 e. The SMILES string of the molecule is CC(C)(C)[S@](=O)N[C@@H](CC(C)(C)C(F)(F)F)c1nc2ccc(Br)cc2n1COCC[Si](C)(C)C. The van der Waals surface area contributed by atoms with Crippen LogP contribution in [0.1, 0.15) is 52.9 Å². The van der Waals surface area contributed by atoms with Gasteiger partial charge in [-0.25, -0.2) is 13.9 Å². The van der Waals surface area contributed by atoms with Crippen molar-refractivity contribution >= 4 is 46.0 Å². The van der Waals surface area contributed by atoms with Crippen LogP contribution in [-0.2, 0) is 22.5 Å². The summed E-state index contributed by atoms with van der Waals surface area (Å²) in [5.74, 6) is 0.385. The lowest BCUT2D eigenvalue weighted by Gasteiger charge is -2.33.